The molecule has 0 fully saturated rings. The number of halogens is 1. The van der Waals surface area contributed by atoms with E-state index in [1.54, 1.807) is 47.0 Å². The van der Waals surface area contributed by atoms with E-state index in [-0.39, 0.29) is 24.4 Å². The monoisotopic (exact) mass is 379 g/mol. The molecule has 1 N–H and O–H groups in total. The van der Waals surface area contributed by atoms with Crippen LogP contribution in [0.3, 0.4) is 0 Å². The van der Waals surface area contributed by atoms with Crippen LogP contribution in [-0.4, -0.2) is 22.0 Å². The second-order valence-electron chi connectivity index (χ2n) is 6.35. The van der Waals surface area contributed by atoms with Crippen LogP contribution in [-0.2, 0) is 11.3 Å². The summed E-state index contributed by atoms with van der Waals surface area (Å²) in [6.07, 6.45) is 1.82. The molecular formula is C21H18FN3O3. The molecule has 0 saturated carbocycles. The molecule has 2 aromatic carbocycles. The molecule has 4 aromatic rings. The first kappa shape index (κ1) is 17.8. The molecule has 1 amide bonds. The van der Waals surface area contributed by atoms with E-state index in [0.29, 0.717) is 28.0 Å². The van der Waals surface area contributed by atoms with Crippen molar-refractivity contribution in [3.05, 3.63) is 77.0 Å². The fourth-order valence-electron chi connectivity index (χ4n) is 3.33. The third-order valence-electron chi connectivity index (χ3n) is 4.64. The number of anilines is 1. The summed E-state index contributed by atoms with van der Waals surface area (Å²) in [6.45, 7) is 0.126. The van der Waals surface area contributed by atoms with E-state index in [2.05, 4.69) is 5.32 Å². The number of benzene rings is 2. The molecule has 2 heterocycles. The Morgan fingerprint density at radius 2 is 1.89 bits per heavy atom. The number of aromatic nitrogens is 2. The second-order valence-corrected chi connectivity index (χ2v) is 6.35. The van der Waals surface area contributed by atoms with Gasteiger partial charge in [0.2, 0.25) is 5.91 Å². The van der Waals surface area contributed by atoms with Gasteiger partial charge >= 0.3 is 0 Å². The molecule has 0 aliphatic carbocycles. The van der Waals surface area contributed by atoms with Crippen LogP contribution < -0.4 is 15.6 Å². The van der Waals surface area contributed by atoms with Crippen molar-refractivity contribution in [2.24, 2.45) is 0 Å². The highest BCUT2D eigenvalue weighted by Crippen LogP contribution is 2.23. The van der Waals surface area contributed by atoms with Crippen molar-refractivity contribution < 1.29 is 13.9 Å². The summed E-state index contributed by atoms with van der Waals surface area (Å²) in [5.74, 6) is -0.156. The summed E-state index contributed by atoms with van der Waals surface area (Å²) in [5.41, 5.74) is 1.91. The van der Waals surface area contributed by atoms with Crippen molar-refractivity contribution in [3.63, 3.8) is 0 Å². The Labute approximate surface area is 159 Å². The summed E-state index contributed by atoms with van der Waals surface area (Å²) in [5, 5.41) is 2.78. The average molecular weight is 379 g/mol. The normalized spacial score (nSPS) is 11.1. The van der Waals surface area contributed by atoms with Gasteiger partial charge < -0.3 is 19.0 Å². The van der Waals surface area contributed by atoms with Crippen molar-refractivity contribution in [2.45, 2.75) is 13.0 Å². The van der Waals surface area contributed by atoms with Crippen molar-refractivity contribution >= 4 is 28.1 Å². The minimum Gasteiger partial charge on any atom is -0.495 e. The Morgan fingerprint density at radius 3 is 2.71 bits per heavy atom. The zero-order valence-corrected chi connectivity index (χ0v) is 15.2. The minimum atomic E-state index is -0.439. The van der Waals surface area contributed by atoms with Gasteiger partial charge in [-0.15, -0.1) is 0 Å². The van der Waals surface area contributed by atoms with Gasteiger partial charge in [0, 0.05) is 19.2 Å². The van der Waals surface area contributed by atoms with E-state index in [0.717, 1.165) is 0 Å². The summed E-state index contributed by atoms with van der Waals surface area (Å²) in [6, 6.07) is 14.8. The van der Waals surface area contributed by atoms with Gasteiger partial charge in [-0.05, 0) is 42.5 Å². The maximum Gasteiger partial charge on any atom is 0.275 e. The molecule has 2 aromatic heterocycles. The number of amides is 1. The molecule has 0 bridgehead atoms. The van der Waals surface area contributed by atoms with Crippen LogP contribution in [0, 0.1) is 5.82 Å². The molecule has 0 radical (unpaired) electrons. The van der Waals surface area contributed by atoms with E-state index in [1.807, 2.05) is 6.07 Å². The number of methoxy groups -OCH3 is 1. The van der Waals surface area contributed by atoms with Gasteiger partial charge in [-0.25, -0.2) is 4.39 Å². The second kappa shape index (κ2) is 7.19. The number of aryl methyl sites for hydroxylation is 1. The molecule has 0 spiro atoms. The van der Waals surface area contributed by atoms with Gasteiger partial charge in [0.25, 0.3) is 5.56 Å². The molecule has 7 heteroatoms. The lowest BCUT2D eigenvalue weighted by Crippen LogP contribution is -2.25. The molecule has 0 unspecified atom stereocenters. The number of fused-ring (bicyclic) bond motifs is 3. The van der Waals surface area contributed by atoms with Crippen LogP contribution in [0.5, 0.6) is 5.75 Å². The van der Waals surface area contributed by atoms with Gasteiger partial charge in [0.15, 0.2) is 0 Å². The molecule has 0 atom stereocenters. The Hall–Kier alpha value is -3.61. The Balaban J connectivity index is 1.65. The first-order valence-corrected chi connectivity index (χ1v) is 8.80. The minimum absolute atomic E-state index is 0.0560. The molecule has 142 valence electrons. The zero-order valence-electron chi connectivity index (χ0n) is 15.2. The highest BCUT2D eigenvalue weighted by atomic mass is 19.1. The Bertz CT molecular complexity index is 1240. The lowest BCUT2D eigenvalue weighted by atomic mass is 10.2. The van der Waals surface area contributed by atoms with Crippen molar-refractivity contribution in [3.8, 4) is 5.75 Å². The van der Waals surface area contributed by atoms with E-state index in [9.17, 15) is 14.0 Å². The van der Waals surface area contributed by atoms with Gasteiger partial charge in [-0.1, -0.05) is 12.1 Å². The van der Waals surface area contributed by atoms with Gasteiger partial charge in [-0.3, -0.25) is 9.59 Å². The zero-order chi connectivity index (χ0) is 19.7. The van der Waals surface area contributed by atoms with Gasteiger partial charge in [0.1, 0.15) is 17.1 Å². The SMILES string of the molecule is COc1ccccc1NC(=O)CCn1c(=O)c2cccn2c2ccc(F)cc21. The van der Waals surface area contributed by atoms with E-state index >= 15 is 0 Å². The topological polar surface area (TPSA) is 64.7 Å². The van der Waals surface area contributed by atoms with Crippen LogP contribution in [0.15, 0.2) is 65.6 Å². The third kappa shape index (κ3) is 3.11. The highest BCUT2D eigenvalue weighted by molar-refractivity contribution is 5.92. The molecular weight excluding hydrogens is 361 g/mol. The number of para-hydroxylation sites is 2. The molecule has 4 rings (SSSR count). The summed E-state index contributed by atoms with van der Waals surface area (Å²) >= 11 is 0. The number of hydrogen-bond donors (Lipinski definition) is 1. The maximum absolute atomic E-state index is 13.8. The largest absolute Gasteiger partial charge is 0.495 e. The van der Waals surface area contributed by atoms with Crippen LogP contribution in [0.4, 0.5) is 10.1 Å². The third-order valence-corrected chi connectivity index (χ3v) is 4.64. The lowest BCUT2D eigenvalue weighted by molar-refractivity contribution is -0.116. The van der Waals surface area contributed by atoms with Crippen LogP contribution in [0.25, 0.3) is 16.6 Å². The smallest absolute Gasteiger partial charge is 0.275 e. The van der Waals surface area contributed by atoms with E-state index in [4.69, 9.17) is 4.74 Å². The molecule has 6 nitrogen and oxygen atoms in total. The maximum atomic E-state index is 13.8. The first-order valence-electron chi connectivity index (χ1n) is 8.80. The number of nitrogens with one attached hydrogen (secondary N) is 1. The van der Waals surface area contributed by atoms with Gasteiger partial charge in [0.05, 0.1) is 23.8 Å². The van der Waals surface area contributed by atoms with Crippen LogP contribution in [0.1, 0.15) is 6.42 Å². The quantitative estimate of drug-likeness (QED) is 0.578. The summed E-state index contributed by atoms with van der Waals surface area (Å²) in [7, 11) is 1.53. The number of nitrogens with zero attached hydrogens (tertiary/aromatic N) is 2. The Kier molecular flexibility index (Phi) is 4.57. The lowest BCUT2D eigenvalue weighted by Gasteiger charge is -2.13. The van der Waals surface area contributed by atoms with E-state index in [1.165, 1.54) is 23.8 Å². The standard InChI is InChI=1S/C21H18FN3O3/c1-28-19-7-3-2-5-15(19)23-20(26)10-12-25-18-13-14(22)8-9-16(18)24-11-4-6-17(24)21(25)27/h2-9,11,13H,10,12H2,1H3,(H,23,26). The van der Waals surface area contributed by atoms with Crippen molar-refractivity contribution in [1.82, 2.24) is 8.97 Å². The van der Waals surface area contributed by atoms with Crippen LogP contribution >= 0.6 is 0 Å². The Morgan fingerprint density at radius 1 is 1.07 bits per heavy atom. The van der Waals surface area contributed by atoms with Crippen molar-refractivity contribution in [1.29, 1.82) is 0 Å². The number of carbonyl (C=O) groups excluding carboxylic acids is 1. The average Bonchev–Trinajstić information content (AvgIpc) is 3.18. The van der Waals surface area contributed by atoms with E-state index < -0.39 is 5.82 Å². The fourth-order valence-corrected chi connectivity index (χ4v) is 3.33. The number of carbonyl (C=O) groups is 1. The molecule has 0 aliphatic heterocycles. The molecule has 0 aliphatic rings. The van der Waals surface area contributed by atoms with Crippen LogP contribution in [0.2, 0.25) is 0 Å². The number of hydrogen-bond acceptors (Lipinski definition) is 3. The predicted octanol–water partition coefficient (Wildman–Crippen LogP) is 3.43. The number of rotatable bonds is 5. The van der Waals surface area contributed by atoms with Gasteiger partial charge in [-0.2, -0.15) is 0 Å². The highest BCUT2D eigenvalue weighted by Gasteiger charge is 2.13. The number of ether oxygens (including phenoxy) is 1. The summed E-state index contributed by atoms with van der Waals surface area (Å²) in [4.78, 5) is 25.3. The summed E-state index contributed by atoms with van der Waals surface area (Å²) < 4.78 is 22.2. The molecule has 0 saturated heterocycles. The van der Waals surface area contributed by atoms with Crippen molar-refractivity contribution in [2.75, 3.05) is 12.4 Å². The predicted molar refractivity (Wildman–Crippen MR) is 105 cm³/mol. The molecule has 28 heavy (non-hydrogen) atoms. The first-order chi connectivity index (χ1) is 13.6. The fraction of sp³-hybridized carbons (Fsp3) is 0.143.